The Morgan fingerprint density at radius 1 is 1.14 bits per heavy atom. The molecule has 3 unspecified atom stereocenters. The SMILES string of the molecule is CC12CC3CC(C1)CC(C(N)Cc1ccc(Br)cc1)(C3)C2. The molecule has 4 saturated carbocycles. The zero-order valence-electron chi connectivity index (χ0n) is 12.9. The quantitative estimate of drug-likeness (QED) is 0.824. The lowest BCUT2D eigenvalue weighted by Crippen LogP contribution is -2.58. The number of rotatable bonds is 3. The van der Waals surface area contributed by atoms with Crippen LogP contribution in [0.15, 0.2) is 28.7 Å². The monoisotopic (exact) mass is 347 g/mol. The first-order chi connectivity index (χ1) is 9.96. The summed E-state index contributed by atoms with van der Waals surface area (Å²) in [5.41, 5.74) is 9.22. The molecule has 2 heteroatoms. The van der Waals surface area contributed by atoms with Gasteiger partial charge in [-0.2, -0.15) is 0 Å². The standard InChI is InChI=1S/C19H26BrN/c1-18-8-14-6-15(9-18)11-19(10-14,12-18)17(21)7-13-2-4-16(20)5-3-13/h2-5,14-15,17H,6-12,21H2,1H3. The van der Waals surface area contributed by atoms with Gasteiger partial charge < -0.3 is 5.73 Å². The molecule has 5 rings (SSSR count). The van der Waals surface area contributed by atoms with E-state index >= 15 is 0 Å². The van der Waals surface area contributed by atoms with Gasteiger partial charge in [0.1, 0.15) is 0 Å². The molecule has 4 fully saturated rings. The van der Waals surface area contributed by atoms with Crippen LogP contribution in [0.4, 0.5) is 0 Å². The Bertz CT molecular complexity index is 521. The molecule has 4 bridgehead atoms. The molecule has 3 atom stereocenters. The van der Waals surface area contributed by atoms with Crippen molar-refractivity contribution in [2.24, 2.45) is 28.4 Å². The van der Waals surface area contributed by atoms with E-state index < -0.39 is 0 Å². The van der Waals surface area contributed by atoms with Crippen LogP contribution in [0.1, 0.15) is 51.0 Å². The van der Waals surface area contributed by atoms with Crippen molar-refractivity contribution in [2.45, 2.75) is 57.9 Å². The van der Waals surface area contributed by atoms with Gasteiger partial charge in [-0.05, 0) is 85.3 Å². The Labute approximate surface area is 136 Å². The molecular formula is C19H26BrN. The molecule has 0 saturated heterocycles. The van der Waals surface area contributed by atoms with Crippen LogP contribution < -0.4 is 5.73 Å². The van der Waals surface area contributed by atoms with E-state index in [9.17, 15) is 0 Å². The third-order valence-corrected chi connectivity index (χ3v) is 7.08. The molecule has 0 amide bonds. The lowest BCUT2D eigenvalue weighted by molar-refractivity contribution is -0.112. The lowest BCUT2D eigenvalue weighted by Gasteiger charge is -2.63. The van der Waals surface area contributed by atoms with Crippen molar-refractivity contribution in [1.82, 2.24) is 0 Å². The molecule has 0 heterocycles. The number of hydrogen-bond acceptors (Lipinski definition) is 1. The summed E-state index contributed by atoms with van der Waals surface area (Å²) in [6.07, 6.45) is 9.65. The maximum absolute atomic E-state index is 6.79. The predicted octanol–water partition coefficient (Wildman–Crippen LogP) is 4.93. The second kappa shape index (κ2) is 4.83. The summed E-state index contributed by atoms with van der Waals surface area (Å²) in [6.45, 7) is 2.53. The minimum atomic E-state index is 0.337. The largest absolute Gasteiger partial charge is 0.327 e. The van der Waals surface area contributed by atoms with Crippen molar-refractivity contribution in [3.8, 4) is 0 Å². The third kappa shape index (κ3) is 2.49. The van der Waals surface area contributed by atoms with Gasteiger partial charge in [0.05, 0.1) is 0 Å². The molecule has 114 valence electrons. The lowest BCUT2D eigenvalue weighted by atomic mass is 9.43. The van der Waals surface area contributed by atoms with Crippen molar-refractivity contribution in [3.63, 3.8) is 0 Å². The highest BCUT2D eigenvalue weighted by Gasteiger charge is 2.57. The molecule has 4 aliphatic carbocycles. The summed E-state index contributed by atoms with van der Waals surface area (Å²) in [4.78, 5) is 0. The van der Waals surface area contributed by atoms with Crippen LogP contribution in [0.25, 0.3) is 0 Å². The summed E-state index contributed by atoms with van der Waals surface area (Å²) in [5.74, 6) is 1.93. The molecule has 0 spiro atoms. The van der Waals surface area contributed by atoms with Gasteiger partial charge in [-0.3, -0.25) is 0 Å². The first-order valence-electron chi connectivity index (χ1n) is 8.46. The number of benzene rings is 1. The fourth-order valence-electron chi connectivity index (χ4n) is 6.32. The maximum Gasteiger partial charge on any atom is 0.0175 e. The molecule has 2 N–H and O–H groups in total. The average Bonchev–Trinajstić information content (AvgIpc) is 2.38. The molecular weight excluding hydrogens is 322 g/mol. The second-order valence-corrected chi connectivity index (χ2v) is 9.49. The van der Waals surface area contributed by atoms with E-state index in [0.717, 1.165) is 22.7 Å². The Morgan fingerprint density at radius 3 is 2.33 bits per heavy atom. The van der Waals surface area contributed by atoms with Crippen molar-refractivity contribution in [1.29, 1.82) is 0 Å². The third-order valence-electron chi connectivity index (χ3n) is 6.55. The maximum atomic E-state index is 6.79. The first kappa shape index (κ1) is 14.3. The Hall–Kier alpha value is -0.340. The fraction of sp³-hybridized carbons (Fsp3) is 0.684. The van der Waals surface area contributed by atoms with Gasteiger partial charge in [-0.25, -0.2) is 0 Å². The Morgan fingerprint density at radius 2 is 1.76 bits per heavy atom. The minimum Gasteiger partial charge on any atom is -0.327 e. The summed E-state index contributed by atoms with van der Waals surface area (Å²) >= 11 is 3.52. The van der Waals surface area contributed by atoms with Crippen molar-refractivity contribution in [3.05, 3.63) is 34.3 Å². The van der Waals surface area contributed by atoms with Crippen LogP contribution >= 0.6 is 15.9 Å². The highest BCUT2D eigenvalue weighted by atomic mass is 79.9. The number of halogens is 1. The smallest absolute Gasteiger partial charge is 0.0175 e. The van der Waals surface area contributed by atoms with E-state index in [1.54, 1.807) is 0 Å². The van der Waals surface area contributed by atoms with Gasteiger partial charge >= 0.3 is 0 Å². The second-order valence-electron chi connectivity index (χ2n) is 8.57. The summed E-state index contributed by atoms with van der Waals surface area (Å²) in [5, 5.41) is 0. The summed E-state index contributed by atoms with van der Waals surface area (Å²) in [6, 6.07) is 9.08. The van der Waals surface area contributed by atoms with Crippen molar-refractivity contribution >= 4 is 15.9 Å². The van der Waals surface area contributed by atoms with Gasteiger partial charge in [0.2, 0.25) is 0 Å². The molecule has 1 nitrogen and oxygen atoms in total. The first-order valence-corrected chi connectivity index (χ1v) is 9.26. The molecule has 21 heavy (non-hydrogen) atoms. The van der Waals surface area contributed by atoms with Gasteiger partial charge in [0.15, 0.2) is 0 Å². The van der Waals surface area contributed by atoms with E-state index in [1.165, 1.54) is 44.1 Å². The van der Waals surface area contributed by atoms with Crippen molar-refractivity contribution in [2.75, 3.05) is 0 Å². The van der Waals surface area contributed by atoms with Crippen LogP contribution in [0, 0.1) is 22.7 Å². The van der Waals surface area contributed by atoms with Gasteiger partial charge in [-0.1, -0.05) is 35.0 Å². The van der Waals surface area contributed by atoms with E-state index in [-0.39, 0.29) is 0 Å². The van der Waals surface area contributed by atoms with Crippen LogP contribution in [0.2, 0.25) is 0 Å². The molecule has 4 aliphatic rings. The van der Waals surface area contributed by atoms with Crippen LogP contribution in [0.3, 0.4) is 0 Å². The normalized spacial score (nSPS) is 42.2. The average molecular weight is 348 g/mol. The zero-order valence-corrected chi connectivity index (χ0v) is 14.5. The topological polar surface area (TPSA) is 26.0 Å². The highest BCUT2D eigenvalue weighted by molar-refractivity contribution is 9.10. The summed E-state index contributed by atoms with van der Waals surface area (Å²) < 4.78 is 1.15. The van der Waals surface area contributed by atoms with E-state index in [0.29, 0.717) is 16.9 Å². The van der Waals surface area contributed by atoms with Crippen molar-refractivity contribution < 1.29 is 0 Å². The summed E-state index contributed by atoms with van der Waals surface area (Å²) in [7, 11) is 0. The molecule has 0 aliphatic heterocycles. The Kier molecular flexibility index (Phi) is 3.28. The minimum absolute atomic E-state index is 0.337. The Balaban J connectivity index is 1.56. The van der Waals surface area contributed by atoms with E-state index in [4.69, 9.17) is 5.73 Å². The molecule has 1 aromatic rings. The van der Waals surface area contributed by atoms with Crippen LogP contribution in [0.5, 0.6) is 0 Å². The van der Waals surface area contributed by atoms with E-state index in [1.807, 2.05) is 0 Å². The predicted molar refractivity (Wildman–Crippen MR) is 91.0 cm³/mol. The van der Waals surface area contributed by atoms with Crippen LogP contribution in [-0.2, 0) is 6.42 Å². The van der Waals surface area contributed by atoms with Gasteiger partial charge in [-0.15, -0.1) is 0 Å². The van der Waals surface area contributed by atoms with Gasteiger partial charge in [0.25, 0.3) is 0 Å². The van der Waals surface area contributed by atoms with Gasteiger partial charge in [0, 0.05) is 10.5 Å². The van der Waals surface area contributed by atoms with E-state index in [2.05, 4.69) is 47.1 Å². The number of hydrogen-bond donors (Lipinski definition) is 1. The number of nitrogens with two attached hydrogens (primary N) is 1. The molecule has 1 aromatic carbocycles. The van der Waals surface area contributed by atoms with Crippen LogP contribution in [-0.4, -0.2) is 6.04 Å². The fourth-order valence-corrected chi connectivity index (χ4v) is 6.59. The molecule has 0 radical (unpaired) electrons. The zero-order chi connectivity index (χ0) is 14.7. The highest BCUT2D eigenvalue weighted by Crippen LogP contribution is 2.66. The molecule has 0 aromatic heterocycles.